The number of phosphoric ester groups is 2. The number of aliphatic hydroxyl groups excluding tert-OH is 4. The Morgan fingerprint density at radius 3 is 2.23 bits per heavy atom. The normalized spacial score (nSPS) is 44.6. The number of nitrogens with two attached hydrogens (primary N) is 1. The lowest BCUT2D eigenvalue weighted by Gasteiger charge is -2.32. The molecule has 6 N–H and O–H groups in total. The first-order valence-electron chi connectivity index (χ1n) is 10.1. The van der Waals surface area contributed by atoms with E-state index in [1.807, 2.05) is 0 Å². The molecule has 2 fully saturated rings. The third kappa shape index (κ3) is 4.40. The van der Waals surface area contributed by atoms with Gasteiger partial charge in [0.25, 0.3) is 21.5 Å². The van der Waals surface area contributed by atoms with Gasteiger partial charge in [0.05, 0.1) is 13.2 Å². The fourth-order valence-corrected chi connectivity index (χ4v) is 6.06. The highest BCUT2D eigenvalue weighted by atomic mass is 31.3. The van der Waals surface area contributed by atoms with Crippen LogP contribution in [0.5, 0.6) is 0 Å². The van der Waals surface area contributed by atoms with Crippen LogP contribution >= 0.6 is 15.6 Å². The summed E-state index contributed by atoms with van der Waals surface area (Å²) in [6.45, 7) is -1.85. The number of ether oxygens (including phenoxy) is 2. The van der Waals surface area contributed by atoms with Gasteiger partial charge in [-0.2, -0.15) is 0 Å². The van der Waals surface area contributed by atoms with E-state index in [2.05, 4.69) is 23.3 Å². The van der Waals surface area contributed by atoms with Crippen molar-refractivity contribution in [1.82, 2.24) is 14.5 Å². The number of hydrogen-bond acceptors (Lipinski definition) is 16. The highest BCUT2D eigenvalue weighted by Gasteiger charge is 2.48. The smallest absolute Gasteiger partial charge is 0.274 e. The van der Waals surface area contributed by atoms with E-state index in [-0.39, 0.29) is 17.0 Å². The predicted molar refractivity (Wildman–Crippen MR) is 102 cm³/mol. The Hall–Kier alpha value is -1.63. The number of aliphatic hydroxyl groups is 4. The summed E-state index contributed by atoms with van der Waals surface area (Å²) in [5, 5.41) is 41.5. The van der Waals surface area contributed by atoms with Crippen LogP contribution in [0.25, 0.3) is 11.2 Å². The third-order valence-corrected chi connectivity index (χ3v) is 8.34. The van der Waals surface area contributed by atoms with Crippen LogP contribution in [-0.2, 0) is 32.0 Å². The van der Waals surface area contributed by atoms with Gasteiger partial charge in [-0.25, -0.2) is 13.9 Å². The SMILES string of the molecule is Nc1c2ncn3c2nc[n+]1[C@@H]1O[C@H](COP(=O)([O-])OP(=O)([O-])OC[C@H]2O[C@@H]3[C@H](O)[C@@H]2O)[C@@H](O)[C@H]1O. The topological polar surface area (TPSA) is 268 Å². The monoisotopic (exact) mass is 540 g/mol. The van der Waals surface area contributed by atoms with Crippen molar-refractivity contribution in [2.75, 3.05) is 18.9 Å². The zero-order valence-electron chi connectivity index (χ0n) is 17.4. The summed E-state index contributed by atoms with van der Waals surface area (Å²) in [6, 6.07) is 0. The molecular formula is C15H20N5O13P2-. The van der Waals surface area contributed by atoms with Gasteiger partial charge < -0.3 is 54.5 Å². The first-order chi connectivity index (χ1) is 16.4. The summed E-state index contributed by atoms with van der Waals surface area (Å²) in [4.78, 5) is 32.4. The minimum absolute atomic E-state index is 0.0742. The maximum absolute atomic E-state index is 12.0. The number of aromatic nitrogens is 4. The number of anilines is 1. The Bertz CT molecular complexity index is 1230. The molecule has 0 saturated carbocycles. The van der Waals surface area contributed by atoms with Gasteiger partial charge >= 0.3 is 0 Å². The first kappa shape index (κ1) is 25.0. The molecule has 10 atom stereocenters. The van der Waals surface area contributed by atoms with Crippen molar-refractivity contribution in [1.29, 1.82) is 0 Å². The van der Waals surface area contributed by atoms with E-state index in [1.165, 1.54) is 10.9 Å². The molecule has 2 aromatic heterocycles. The van der Waals surface area contributed by atoms with E-state index in [0.29, 0.717) is 0 Å². The Morgan fingerprint density at radius 2 is 1.57 bits per heavy atom. The summed E-state index contributed by atoms with van der Waals surface area (Å²) in [6.07, 6.45) is -9.75. The number of rotatable bonds is 0. The fraction of sp³-hybridized carbons (Fsp3) is 0.667. The molecule has 8 bridgehead atoms. The molecule has 0 radical (unpaired) electrons. The number of fused-ring (bicyclic) bond motifs is 7. The molecule has 194 valence electrons. The molecule has 18 nitrogen and oxygen atoms in total. The van der Waals surface area contributed by atoms with Crippen LogP contribution in [-0.4, -0.2) is 84.8 Å². The molecule has 6 rings (SSSR count). The van der Waals surface area contributed by atoms with Crippen LogP contribution in [0.3, 0.4) is 0 Å². The molecular weight excluding hydrogens is 520 g/mol. The quantitative estimate of drug-likeness (QED) is 0.156. The first-order valence-corrected chi connectivity index (χ1v) is 13.0. The number of imidazole rings is 1. The second kappa shape index (κ2) is 8.74. The molecule has 4 aliphatic heterocycles. The van der Waals surface area contributed by atoms with Crippen molar-refractivity contribution < 1.29 is 66.7 Å². The Kier molecular flexibility index (Phi) is 6.25. The Morgan fingerprint density at radius 1 is 0.971 bits per heavy atom. The van der Waals surface area contributed by atoms with Crippen molar-refractivity contribution in [2.24, 2.45) is 0 Å². The van der Waals surface area contributed by atoms with Gasteiger partial charge in [-0.3, -0.25) is 13.7 Å². The van der Waals surface area contributed by atoms with Gasteiger partial charge in [-0.1, -0.05) is 4.98 Å². The van der Waals surface area contributed by atoms with E-state index in [0.717, 1.165) is 10.9 Å². The van der Waals surface area contributed by atoms with Crippen molar-refractivity contribution in [3.8, 4) is 0 Å². The van der Waals surface area contributed by atoms with Gasteiger partial charge in [0.15, 0.2) is 11.7 Å². The van der Waals surface area contributed by atoms with Crippen LogP contribution in [0.4, 0.5) is 5.82 Å². The Balaban J connectivity index is 1.57. The largest absolute Gasteiger partial charge is 0.756 e. The summed E-state index contributed by atoms with van der Waals surface area (Å²) in [7, 11) is -11.1. The van der Waals surface area contributed by atoms with E-state index >= 15 is 0 Å². The molecule has 2 saturated heterocycles. The number of nitrogen functional groups attached to an aromatic ring is 1. The van der Waals surface area contributed by atoms with Gasteiger partial charge in [0, 0.05) is 0 Å². The molecule has 0 aliphatic carbocycles. The van der Waals surface area contributed by atoms with Crippen LogP contribution < -0.4 is 20.1 Å². The molecule has 4 aliphatic rings. The lowest BCUT2D eigenvalue weighted by atomic mass is 10.1. The summed E-state index contributed by atoms with van der Waals surface area (Å²) in [5.41, 5.74) is 6.34. The molecule has 35 heavy (non-hydrogen) atoms. The molecule has 2 aromatic rings. The van der Waals surface area contributed by atoms with Crippen molar-refractivity contribution in [2.45, 2.75) is 49.1 Å². The average Bonchev–Trinajstić information content (AvgIpc) is 3.41. The summed E-state index contributed by atoms with van der Waals surface area (Å²) >= 11 is 0. The highest BCUT2D eigenvalue weighted by molar-refractivity contribution is 7.59. The van der Waals surface area contributed by atoms with Gasteiger partial charge in [0.1, 0.15) is 43.0 Å². The molecule has 0 amide bonds. The van der Waals surface area contributed by atoms with Crippen molar-refractivity contribution >= 4 is 32.6 Å². The summed E-state index contributed by atoms with van der Waals surface area (Å²) < 4.78 is 50.4. The maximum Gasteiger partial charge on any atom is 0.274 e. The van der Waals surface area contributed by atoms with Crippen molar-refractivity contribution in [3.05, 3.63) is 12.7 Å². The van der Waals surface area contributed by atoms with Crippen LogP contribution in [0.1, 0.15) is 12.5 Å². The lowest BCUT2D eigenvalue weighted by molar-refractivity contribution is -0.755. The highest BCUT2D eigenvalue weighted by Crippen LogP contribution is 2.56. The van der Waals surface area contributed by atoms with Crippen LogP contribution in [0.15, 0.2) is 12.7 Å². The zero-order valence-corrected chi connectivity index (χ0v) is 19.2. The van der Waals surface area contributed by atoms with Crippen LogP contribution in [0, 0.1) is 0 Å². The third-order valence-electron chi connectivity index (χ3n) is 5.81. The van der Waals surface area contributed by atoms with Crippen LogP contribution in [0.2, 0.25) is 0 Å². The minimum Gasteiger partial charge on any atom is -0.756 e. The zero-order chi connectivity index (χ0) is 25.3. The van der Waals surface area contributed by atoms with Gasteiger partial charge in [-0.05, 0) is 0 Å². The number of hydrogen-bond donors (Lipinski definition) is 5. The standard InChI is InChI=1S/C15H21N5O13P2/c16-12-7-13-18-4-19(12)14-10(23)8(21)5(31-14)1-29-34(25,26)33-35(27,28)30-2-6-9(22)11(24)15(32-6)20(13)3-17-7/h3-6,8-11,14-16,21-24H,1-2H2,(H2,25,26,27,28)/p-1/t5-,6-,8-,9-,10-,11-,14-,15-/m1/s1. The number of phosphoric acid groups is 2. The van der Waals surface area contributed by atoms with E-state index in [4.69, 9.17) is 15.2 Å². The minimum atomic E-state index is -5.56. The predicted octanol–water partition coefficient (Wildman–Crippen LogP) is -4.46. The lowest BCUT2D eigenvalue weighted by Crippen LogP contribution is -2.48. The fourth-order valence-electron chi connectivity index (χ4n) is 4.05. The van der Waals surface area contributed by atoms with E-state index in [1.54, 1.807) is 0 Å². The Labute approximate surface area is 195 Å². The maximum atomic E-state index is 12.0. The van der Waals surface area contributed by atoms with Gasteiger partial charge in [0.2, 0.25) is 18.2 Å². The molecule has 20 heteroatoms. The van der Waals surface area contributed by atoms with E-state index in [9.17, 15) is 39.3 Å². The summed E-state index contributed by atoms with van der Waals surface area (Å²) in [5.74, 6) is -0.0780. The second-order valence-electron chi connectivity index (χ2n) is 8.02. The molecule has 6 heterocycles. The van der Waals surface area contributed by atoms with E-state index < -0.39 is 77.9 Å². The number of nitrogens with zero attached hydrogens (tertiary/aromatic N) is 4. The van der Waals surface area contributed by atoms with Gasteiger partial charge in [-0.15, -0.1) is 0 Å². The second-order valence-corrected chi connectivity index (χ2v) is 11.0. The average molecular weight is 540 g/mol. The molecule has 0 aromatic carbocycles. The van der Waals surface area contributed by atoms with Crippen molar-refractivity contribution in [3.63, 3.8) is 0 Å². The molecule has 0 spiro atoms. The molecule has 2 unspecified atom stereocenters.